The molecule has 0 unspecified atom stereocenters. The Hall–Kier alpha value is -0.870. The molecule has 1 aromatic heterocycles. The summed E-state index contributed by atoms with van der Waals surface area (Å²) in [7, 11) is 1.74. The van der Waals surface area contributed by atoms with Crippen LogP contribution in [0.4, 0.5) is 0 Å². The van der Waals surface area contributed by atoms with Crippen molar-refractivity contribution in [1.29, 1.82) is 0 Å². The van der Waals surface area contributed by atoms with Crippen LogP contribution >= 0.6 is 0 Å². The van der Waals surface area contributed by atoms with Crippen molar-refractivity contribution in [2.24, 2.45) is 7.05 Å². The first-order valence-corrected chi connectivity index (χ1v) is 3.82. The fraction of sp³-hybridized carbons (Fsp3) is 0.625. The van der Waals surface area contributed by atoms with Crippen LogP contribution in [0.5, 0.6) is 0 Å². The lowest BCUT2D eigenvalue weighted by Gasteiger charge is -2.16. The van der Waals surface area contributed by atoms with Gasteiger partial charge in [-0.3, -0.25) is 4.68 Å². The van der Waals surface area contributed by atoms with Gasteiger partial charge in [0, 0.05) is 7.05 Å². The zero-order valence-electron chi connectivity index (χ0n) is 7.57. The molecule has 0 radical (unpaired) electrons. The largest absolute Gasteiger partial charge is 0.390 e. The third-order valence-corrected chi connectivity index (χ3v) is 1.72. The van der Waals surface area contributed by atoms with Gasteiger partial charge in [-0.1, -0.05) is 0 Å². The van der Waals surface area contributed by atoms with Gasteiger partial charge in [-0.25, -0.2) is 0 Å². The minimum absolute atomic E-state index is 0.0933. The van der Waals surface area contributed by atoms with E-state index in [1.807, 2.05) is 0 Å². The molecule has 2 N–H and O–H groups in total. The Balaban J connectivity index is 3.08. The Kier molecular flexibility index (Phi) is 2.21. The predicted octanol–water partition coefficient (Wildman–Crippen LogP) is 0.140. The smallest absolute Gasteiger partial charge is 0.101 e. The van der Waals surface area contributed by atoms with Crippen LogP contribution in [0.25, 0.3) is 0 Å². The Morgan fingerprint density at radius 2 is 2.17 bits per heavy atom. The molecule has 0 aliphatic heterocycles. The predicted molar refractivity (Wildman–Crippen MR) is 44.4 cm³/mol. The van der Waals surface area contributed by atoms with Gasteiger partial charge in [-0.15, -0.1) is 0 Å². The van der Waals surface area contributed by atoms with E-state index < -0.39 is 5.60 Å². The summed E-state index contributed by atoms with van der Waals surface area (Å²) in [6, 6.07) is 1.69. The van der Waals surface area contributed by atoms with Gasteiger partial charge < -0.3 is 10.2 Å². The van der Waals surface area contributed by atoms with Gasteiger partial charge in [-0.05, 0) is 19.9 Å². The van der Waals surface area contributed by atoms with E-state index in [9.17, 15) is 5.11 Å². The van der Waals surface area contributed by atoms with Crippen LogP contribution in [0.3, 0.4) is 0 Å². The van der Waals surface area contributed by atoms with E-state index in [0.717, 1.165) is 0 Å². The maximum absolute atomic E-state index is 9.64. The van der Waals surface area contributed by atoms with Crippen molar-refractivity contribution in [3.05, 3.63) is 17.5 Å². The van der Waals surface area contributed by atoms with Gasteiger partial charge >= 0.3 is 0 Å². The SMILES string of the molecule is Cn1nc(CO)cc1C(C)(C)O. The molecule has 4 nitrogen and oxygen atoms in total. The van der Waals surface area contributed by atoms with Crippen LogP contribution in [-0.4, -0.2) is 20.0 Å². The summed E-state index contributed by atoms with van der Waals surface area (Å²) in [6.45, 7) is 3.28. The highest BCUT2D eigenvalue weighted by Crippen LogP contribution is 2.19. The van der Waals surface area contributed by atoms with Crippen molar-refractivity contribution in [3.8, 4) is 0 Å². The van der Waals surface area contributed by atoms with Crippen LogP contribution in [0.1, 0.15) is 25.2 Å². The average Bonchev–Trinajstić information content (AvgIpc) is 2.29. The fourth-order valence-corrected chi connectivity index (χ4v) is 1.18. The summed E-state index contributed by atoms with van der Waals surface area (Å²) in [4.78, 5) is 0. The number of nitrogens with zero attached hydrogens (tertiary/aromatic N) is 2. The minimum atomic E-state index is -0.908. The highest BCUT2D eigenvalue weighted by Gasteiger charge is 2.20. The molecule has 0 spiro atoms. The van der Waals surface area contributed by atoms with E-state index in [-0.39, 0.29) is 6.61 Å². The summed E-state index contributed by atoms with van der Waals surface area (Å²) in [6.07, 6.45) is 0. The fourth-order valence-electron chi connectivity index (χ4n) is 1.18. The van der Waals surface area contributed by atoms with Gasteiger partial charge in [0.05, 0.1) is 18.0 Å². The van der Waals surface area contributed by atoms with E-state index in [1.165, 1.54) is 0 Å². The summed E-state index contributed by atoms with van der Waals surface area (Å²) in [5.74, 6) is 0. The molecule has 12 heavy (non-hydrogen) atoms. The van der Waals surface area contributed by atoms with Gasteiger partial charge in [-0.2, -0.15) is 5.10 Å². The number of aromatic nitrogens is 2. The van der Waals surface area contributed by atoms with Crippen molar-refractivity contribution in [2.45, 2.75) is 26.1 Å². The first-order valence-electron chi connectivity index (χ1n) is 3.82. The molecular formula is C8H14N2O2. The molecule has 0 amide bonds. The van der Waals surface area contributed by atoms with Crippen molar-refractivity contribution in [3.63, 3.8) is 0 Å². The van der Waals surface area contributed by atoms with Crippen LogP contribution in [0, 0.1) is 0 Å². The topological polar surface area (TPSA) is 58.3 Å². The normalized spacial score (nSPS) is 12.1. The van der Waals surface area contributed by atoms with Crippen LogP contribution in [-0.2, 0) is 19.3 Å². The highest BCUT2D eigenvalue weighted by atomic mass is 16.3. The van der Waals surface area contributed by atoms with Gasteiger partial charge in [0.25, 0.3) is 0 Å². The molecule has 0 saturated heterocycles. The maximum atomic E-state index is 9.64. The molecule has 1 rings (SSSR count). The standard InChI is InChI=1S/C8H14N2O2/c1-8(2,12)7-4-6(5-11)9-10(7)3/h4,11-12H,5H2,1-3H3. The number of hydrogen-bond acceptors (Lipinski definition) is 3. The van der Waals surface area contributed by atoms with Crippen LogP contribution in [0.15, 0.2) is 6.07 Å². The summed E-state index contributed by atoms with van der Waals surface area (Å²) < 4.78 is 1.57. The quantitative estimate of drug-likeness (QED) is 0.663. The summed E-state index contributed by atoms with van der Waals surface area (Å²) >= 11 is 0. The van der Waals surface area contributed by atoms with Crippen LogP contribution in [0.2, 0.25) is 0 Å². The summed E-state index contributed by atoms with van der Waals surface area (Å²) in [5.41, 5.74) is 0.371. The molecule has 1 aromatic rings. The number of rotatable bonds is 2. The monoisotopic (exact) mass is 170 g/mol. The van der Waals surface area contributed by atoms with Gasteiger partial charge in [0.2, 0.25) is 0 Å². The molecule has 0 bridgehead atoms. The second-order valence-electron chi connectivity index (χ2n) is 3.36. The number of aliphatic hydroxyl groups is 2. The molecular weight excluding hydrogens is 156 g/mol. The first-order chi connectivity index (χ1) is 5.45. The molecule has 0 aliphatic rings. The number of aryl methyl sites for hydroxylation is 1. The van der Waals surface area contributed by atoms with E-state index in [2.05, 4.69) is 5.10 Å². The Morgan fingerprint density at radius 1 is 1.58 bits per heavy atom. The molecule has 0 aliphatic carbocycles. The molecule has 1 heterocycles. The second-order valence-corrected chi connectivity index (χ2v) is 3.36. The molecule has 0 fully saturated rings. The van der Waals surface area contributed by atoms with Crippen molar-refractivity contribution in [1.82, 2.24) is 9.78 Å². The van der Waals surface area contributed by atoms with Gasteiger partial charge in [0.15, 0.2) is 0 Å². The highest BCUT2D eigenvalue weighted by molar-refractivity contribution is 5.15. The third kappa shape index (κ3) is 1.65. The third-order valence-electron chi connectivity index (χ3n) is 1.72. The zero-order chi connectivity index (χ0) is 9.35. The average molecular weight is 170 g/mol. The van der Waals surface area contributed by atoms with Crippen LogP contribution < -0.4 is 0 Å². The minimum Gasteiger partial charge on any atom is -0.390 e. The molecule has 68 valence electrons. The van der Waals surface area contributed by atoms with E-state index >= 15 is 0 Å². The molecule has 0 atom stereocenters. The lowest BCUT2D eigenvalue weighted by Crippen LogP contribution is -2.19. The Morgan fingerprint density at radius 3 is 2.42 bits per heavy atom. The Bertz CT molecular complexity index is 273. The molecule has 0 aromatic carbocycles. The zero-order valence-corrected chi connectivity index (χ0v) is 7.57. The lowest BCUT2D eigenvalue weighted by atomic mass is 10.1. The molecule has 4 heteroatoms. The Labute approximate surface area is 71.5 Å². The summed E-state index contributed by atoms with van der Waals surface area (Å²) in [5, 5.41) is 22.4. The number of aliphatic hydroxyl groups excluding tert-OH is 1. The van der Waals surface area contributed by atoms with Crippen molar-refractivity contribution >= 4 is 0 Å². The van der Waals surface area contributed by atoms with E-state index in [0.29, 0.717) is 11.4 Å². The van der Waals surface area contributed by atoms with Crippen molar-refractivity contribution in [2.75, 3.05) is 0 Å². The number of hydrogen-bond donors (Lipinski definition) is 2. The maximum Gasteiger partial charge on any atom is 0.101 e. The van der Waals surface area contributed by atoms with Gasteiger partial charge in [0.1, 0.15) is 5.60 Å². The van der Waals surface area contributed by atoms with E-state index in [1.54, 1.807) is 31.6 Å². The second kappa shape index (κ2) is 2.88. The van der Waals surface area contributed by atoms with Crippen molar-refractivity contribution < 1.29 is 10.2 Å². The van der Waals surface area contributed by atoms with E-state index in [4.69, 9.17) is 5.11 Å². The first kappa shape index (κ1) is 9.22. The molecule has 0 saturated carbocycles. The lowest BCUT2D eigenvalue weighted by molar-refractivity contribution is 0.0696.